The highest BCUT2D eigenvalue weighted by Gasteiger charge is 2.12. The van der Waals surface area contributed by atoms with Gasteiger partial charge in [-0.05, 0) is 6.42 Å². The Morgan fingerprint density at radius 1 is 1.71 bits per heavy atom. The smallest absolute Gasteiger partial charge is 0.275 e. The second-order valence-corrected chi connectivity index (χ2v) is 1.70. The van der Waals surface area contributed by atoms with Gasteiger partial charge in [0.2, 0.25) is 0 Å². The van der Waals surface area contributed by atoms with Crippen molar-refractivity contribution in [1.29, 1.82) is 0 Å². The van der Waals surface area contributed by atoms with Gasteiger partial charge in [-0.1, -0.05) is 4.99 Å². The van der Waals surface area contributed by atoms with Crippen LogP contribution in [0.4, 0.5) is 0 Å². The lowest BCUT2D eigenvalue weighted by Gasteiger charge is -1.76. The van der Waals surface area contributed by atoms with Crippen LogP contribution in [0.5, 0.6) is 0 Å². The summed E-state index contributed by atoms with van der Waals surface area (Å²) in [5, 5.41) is 3.16. The molecular weight excluding hydrogens is 88.1 g/mol. The first-order chi connectivity index (χ1) is 3.43. The molecule has 0 aromatic rings. The number of hydrogen-bond acceptors (Lipinski definition) is 1. The summed E-state index contributed by atoms with van der Waals surface area (Å²) in [5.74, 6) is 1.17. The van der Waals surface area contributed by atoms with Crippen molar-refractivity contribution in [3.8, 4) is 0 Å². The molecule has 7 heavy (non-hydrogen) atoms. The summed E-state index contributed by atoms with van der Waals surface area (Å²) >= 11 is 0. The highest BCUT2D eigenvalue weighted by atomic mass is 15.0. The summed E-state index contributed by atoms with van der Waals surface area (Å²) in [6, 6.07) is 0. The first-order valence-corrected chi connectivity index (χ1v) is 2.63. The van der Waals surface area contributed by atoms with E-state index < -0.39 is 0 Å². The molecule has 0 aliphatic carbocycles. The quantitative estimate of drug-likeness (QED) is 0.443. The zero-order chi connectivity index (χ0) is 5.11. The number of aliphatic imine (C=N–C) groups is 1. The summed E-state index contributed by atoms with van der Waals surface area (Å²) in [7, 11) is 1.83. The number of nitrogens with zero attached hydrogens (tertiary/aromatic N) is 1. The van der Waals surface area contributed by atoms with Crippen LogP contribution in [0.2, 0.25) is 0 Å². The molecule has 1 saturated heterocycles. The van der Waals surface area contributed by atoms with Crippen LogP contribution in [-0.2, 0) is 0 Å². The van der Waals surface area contributed by atoms with Crippen molar-refractivity contribution in [2.45, 2.75) is 12.8 Å². The molecule has 1 radical (unpaired) electrons. The van der Waals surface area contributed by atoms with E-state index in [9.17, 15) is 0 Å². The lowest BCUT2D eigenvalue weighted by Crippen LogP contribution is -2.18. The Balaban J connectivity index is 2.41. The molecule has 1 aliphatic rings. The molecule has 2 heteroatoms. The van der Waals surface area contributed by atoms with Crippen LogP contribution in [0.25, 0.3) is 0 Å². The van der Waals surface area contributed by atoms with Crippen molar-refractivity contribution in [1.82, 2.24) is 10.3 Å². The monoisotopic (exact) mass is 98.1 g/mol. The largest absolute Gasteiger partial charge is 0.285 e. The minimum Gasteiger partial charge on any atom is -0.275 e. The lowest BCUT2D eigenvalue weighted by molar-refractivity contribution is 0.911. The molecule has 0 spiro atoms. The second kappa shape index (κ2) is 1.96. The molecule has 1 fully saturated rings. The SMILES string of the molecule is C/[N+]=C1/CCCN1. The minimum absolute atomic E-state index is 1.12. The number of hydrogen-bond donors (Lipinski definition) is 1. The Bertz CT molecular complexity index is 78.1. The van der Waals surface area contributed by atoms with Crippen molar-refractivity contribution in [3.05, 3.63) is 0 Å². The third-order valence-corrected chi connectivity index (χ3v) is 1.19. The molecule has 0 amide bonds. The van der Waals surface area contributed by atoms with Crippen LogP contribution in [0.15, 0.2) is 0 Å². The van der Waals surface area contributed by atoms with Crippen LogP contribution in [-0.4, -0.2) is 19.4 Å². The molecule has 1 heterocycles. The van der Waals surface area contributed by atoms with Gasteiger partial charge < -0.3 is 0 Å². The molecule has 0 aromatic heterocycles. The maximum absolute atomic E-state index is 3.99. The van der Waals surface area contributed by atoms with E-state index >= 15 is 0 Å². The molecule has 39 valence electrons. The highest BCUT2D eigenvalue weighted by molar-refractivity contribution is 5.82. The normalized spacial score (nSPS) is 25.6. The van der Waals surface area contributed by atoms with Gasteiger partial charge in [0.25, 0.3) is 5.84 Å². The molecule has 1 N–H and O–H groups in total. The van der Waals surface area contributed by atoms with E-state index in [0.29, 0.717) is 0 Å². The van der Waals surface area contributed by atoms with Crippen molar-refractivity contribution in [3.63, 3.8) is 0 Å². The molecular formula is C5H10N2+. The Morgan fingerprint density at radius 3 is 2.86 bits per heavy atom. The molecule has 1 aliphatic heterocycles. The second-order valence-electron chi connectivity index (χ2n) is 1.70. The molecule has 0 unspecified atom stereocenters. The van der Waals surface area contributed by atoms with Crippen LogP contribution in [0.1, 0.15) is 12.8 Å². The Morgan fingerprint density at radius 2 is 2.57 bits per heavy atom. The van der Waals surface area contributed by atoms with E-state index in [-0.39, 0.29) is 0 Å². The van der Waals surface area contributed by atoms with Crippen LogP contribution in [0, 0.1) is 0 Å². The lowest BCUT2D eigenvalue weighted by atomic mass is 10.4. The number of rotatable bonds is 0. The first kappa shape index (κ1) is 4.62. The predicted molar refractivity (Wildman–Crippen MR) is 30.3 cm³/mol. The molecule has 2 nitrogen and oxygen atoms in total. The van der Waals surface area contributed by atoms with E-state index in [4.69, 9.17) is 0 Å². The van der Waals surface area contributed by atoms with Gasteiger partial charge in [0.05, 0.1) is 13.0 Å². The summed E-state index contributed by atoms with van der Waals surface area (Å²) in [6.07, 6.45) is 2.41. The van der Waals surface area contributed by atoms with E-state index in [0.717, 1.165) is 13.0 Å². The fraction of sp³-hybridized carbons (Fsp3) is 0.800. The standard InChI is InChI=1S/C5H10N2/c1-6-5-3-2-4-7-5/h7H,2-4H2,1H3/q+1. The predicted octanol–water partition coefficient (Wildman–Crippen LogP) is -0.266. The molecule has 0 aromatic carbocycles. The maximum Gasteiger partial charge on any atom is 0.285 e. The average molecular weight is 98.1 g/mol. The molecule has 0 saturated carbocycles. The van der Waals surface area contributed by atoms with E-state index in [1.807, 2.05) is 7.05 Å². The van der Waals surface area contributed by atoms with Gasteiger partial charge in [0.15, 0.2) is 0 Å². The number of amidine groups is 1. The van der Waals surface area contributed by atoms with Crippen LogP contribution < -0.4 is 10.3 Å². The van der Waals surface area contributed by atoms with Crippen molar-refractivity contribution >= 4 is 5.84 Å². The fourth-order valence-electron chi connectivity index (χ4n) is 0.768. The fourth-order valence-corrected chi connectivity index (χ4v) is 0.768. The highest BCUT2D eigenvalue weighted by Crippen LogP contribution is 1.93. The van der Waals surface area contributed by atoms with E-state index in [1.54, 1.807) is 0 Å². The van der Waals surface area contributed by atoms with Crippen LogP contribution >= 0.6 is 0 Å². The minimum atomic E-state index is 1.12. The average Bonchev–Trinajstić information content (AvgIpc) is 2.14. The summed E-state index contributed by atoms with van der Waals surface area (Å²) in [4.78, 5) is 3.99. The van der Waals surface area contributed by atoms with Gasteiger partial charge in [0.1, 0.15) is 7.05 Å². The topological polar surface area (TPSA) is 26.1 Å². The Labute approximate surface area is 43.6 Å². The van der Waals surface area contributed by atoms with Gasteiger partial charge in [-0.3, -0.25) is 5.32 Å². The Kier molecular flexibility index (Phi) is 1.29. The van der Waals surface area contributed by atoms with E-state index in [2.05, 4.69) is 10.3 Å². The van der Waals surface area contributed by atoms with Crippen molar-refractivity contribution in [2.24, 2.45) is 0 Å². The van der Waals surface area contributed by atoms with E-state index in [1.165, 1.54) is 12.3 Å². The summed E-state index contributed by atoms with van der Waals surface area (Å²) in [5.41, 5.74) is 0. The van der Waals surface area contributed by atoms with Gasteiger partial charge in [-0.2, -0.15) is 0 Å². The zero-order valence-electron chi connectivity index (χ0n) is 4.57. The zero-order valence-corrected chi connectivity index (χ0v) is 4.57. The third kappa shape index (κ3) is 0.918. The third-order valence-electron chi connectivity index (χ3n) is 1.19. The van der Waals surface area contributed by atoms with Gasteiger partial charge >= 0.3 is 0 Å². The summed E-state index contributed by atoms with van der Waals surface area (Å²) < 4.78 is 0. The maximum atomic E-state index is 3.99. The Hall–Kier alpha value is -0.530. The van der Waals surface area contributed by atoms with Crippen LogP contribution in [0.3, 0.4) is 0 Å². The molecule has 0 atom stereocenters. The van der Waals surface area contributed by atoms with Crippen molar-refractivity contribution in [2.75, 3.05) is 13.6 Å². The van der Waals surface area contributed by atoms with Gasteiger partial charge in [-0.15, -0.1) is 0 Å². The number of nitrogens with one attached hydrogen (secondary N) is 1. The van der Waals surface area contributed by atoms with Gasteiger partial charge in [-0.25, -0.2) is 0 Å². The first-order valence-electron chi connectivity index (χ1n) is 2.63. The molecule has 0 bridgehead atoms. The van der Waals surface area contributed by atoms with Gasteiger partial charge in [0, 0.05) is 0 Å². The van der Waals surface area contributed by atoms with Crippen molar-refractivity contribution < 1.29 is 0 Å². The summed E-state index contributed by atoms with van der Waals surface area (Å²) in [6.45, 7) is 1.12. The molecule has 1 rings (SSSR count).